The van der Waals surface area contributed by atoms with E-state index in [-0.39, 0.29) is 40.5 Å². The van der Waals surface area contributed by atoms with Crippen molar-refractivity contribution in [2.45, 2.75) is 147 Å². The van der Waals surface area contributed by atoms with Crippen LogP contribution in [0.4, 0.5) is 26.7 Å². The zero-order valence-electron chi connectivity index (χ0n) is 29.8. The third-order valence-corrected chi connectivity index (χ3v) is 15.2. The molecule has 0 spiro atoms. The molecule has 0 aromatic carbocycles. The van der Waals surface area contributed by atoms with Crippen molar-refractivity contribution in [2.75, 3.05) is 31.6 Å². The van der Waals surface area contributed by atoms with Gasteiger partial charge in [0.15, 0.2) is 0 Å². The number of aliphatic hydroxyl groups is 1. The van der Waals surface area contributed by atoms with E-state index < -0.39 is 35.7 Å². The largest absolute Gasteiger partial charge is 0.453 e. The molecule has 1 amide bonds. The Balaban J connectivity index is 1.22. The first-order valence-corrected chi connectivity index (χ1v) is 19.8. The number of ether oxygens (including phenoxy) is 1. The maximum absolute atomic E-state index is 13.5. The maximum atomic E-state index is 13.5. The van der Waals surface area contributed by atoms with E-state index >= 15 is 0 Å². The molecule has 4 saturated carbocycles. The Kier molecular flexibility index (Phi) is 11.0. The number of fused-ring (bicyclic) bond motifs is 5. The number of hydrogen-bond acceptors (Lipinski definition) is 5. The molecule has 1 N–H and O–H groups in total. The third-order valence-electron chi connectivity index (χ3n) is 13.7. The molecule has 5 rings (SSSR count). The Bertz CT molecular complexity index is 1170. The number of carbonyl (C=O) groups is 1. The number of halogens is 5. The molecule has 12 heteroatoms. The van der Waals surface area contributed by atoms with Gasteiger partial charge in [0.1, 0.15) is 6.10 Å². The molecule has 1 aliphatic heterocycles. The summed E-state index contributed by atoms with van der Waals surface area (Å²) >= 11 is 0. The van der Waals surface area contributed by atoms with E-state index in [9.17, 15) is 36.1 Å². The van der Waals surface area contributed by atoms with Gasteiger partial charge in [0.2, 0.25) is 0 Å². The molecular weight excluding hydrogens is 651 g/mol. The van der Waals surface area contributed by atoms with Gasteiger partial charge in [-0.25, -0.2) is 4.79 Å². The molecule has 0 radical (unpaired) electrons. The number of hydrogen-bond donors (Lipinski definition) is 1. The molecule has 0 aromatic rings. The Morgan fingerprint density at radius 3 is 2.19 bits per heavy atom. The molecule has 0 bridgehead atoms. The maximum Gasteiger partial charge on any atom is 0.453 e. The number of likely N-dealkylation sites (N-methyl/N-ethyl adjacent to an activating group) is 1. The van der Waals surface area contributed by atoms with E-state index in [1.54, 1.807) is 0 Å². The summed E-state index contributed by atoms with van der Waals surface area (Å²) < 4.78 is 83.2. The second-order valence-electron chi connectivity index (χ2n) is 17.6. The van der Waals surface area contributed by atoms with E-state index in [0.29, 0.717) is 60.8 Å². The average Bonchev–Trinajstić information content (AvgIpc) is 3.28. The summed E-state index contributed by atoms with van der Waals surface area (Å²) in [5, 5.41) is 11.0. The number of alkyl halides is 5. The van der Waals surface area contributed by atoms with Crippen LogP contribution in [-0.2, 0) is 15.5 Å². The highest BCUT2D eigenvalue weighted by atomic mass is 32.2. The number of carbonyl (C=O) groups excluding carboxylic acids is 1. The fourth-order valence-corrected chi connectivity index (χ4v) is 12.1. The van der Waals surface area contributed by atoms with Crippen LogP contribution in [0.3, 0.4) is 0 Å². The number of aliphatic hydroxyl groups excluding tert-OH is 1. The predicted molar refractivity (Wildman–Crippen MR) is 177 cm³/mol. The van der Waals surface area contributed by atoms with Crippen LogP contribution in [0.2, 0.25) is 0 Å². The fraction of sp³-hybridized carbons (Fsp3) is 0.972. The summed E-state index contributed by atoms with van der Waals surface area (Å²) in [5.41, 5.74) is -0.453. The minimum atomic E-state index is -5.58. The summed E-state index contributed by atoms with van der Waals surface area (Å²) in [6, 6.07) is 0. The number of rotatable bonds is 9. The lowest BCUT2D eigenvalue weighted by Crippen LogP contribution is -2.68. The van der Waals surface area contributed by atoms with Crippen LogP contribution in [0.1, 0.15) is 112 Å². The molecule has 5 aliphatic rings. The summed E-state index contributed by atoms with van der Waals surface area (Å²) in [6.07, 6.45) is 1.04. The van der Waals surface area contributed by atoms with E-state index in [1.165, 1.54) is 0 Å². The topological polar surface area (TPSA) is 70.1 Å². The molecule has 1 heterocycles. The van der Waals surface area contributed by atoms with Crippen molar-refractivity contribution in [1.29, 1.82) is 0 Å². The molecule has 278 valence electrons. The van der Waals surface area contributed by atoms with Crippen molar-refractivity contribution < 1.29 is 40.8 Å². The monoisotopic (exact) mass is 710 g/mol. The molecular formula is C36H59F5N2O4S. The Hall–Kier alpha value is -1.01. The first-order chi connectivity index (χ1) is 22.2. The lowest BCUT2D eigenvalue weighted by molar-refractivity contribution is -0.284. The van der Waals surface area contributed by atoms with Crippen LogP contribution in [0.5, 0.6) is 0 Å². The Morgan fingerprint density at radius 2 is 1.54 bits per heavy atom. The van der Waals surface area contributed by atoms with Crippen LogP contribution in [0.15, 0.2) is 0 Å². The summed E-state index contributed by atoms with van der Waals surface area (Å²) in [6.45, 7) is 12.1. The van der Waals surface area contributed by atoms with E-state index in [0.717, 1.165) is 57.8 Å². The molecule has 4 aliphatic carbocycles. The van der Waals surface area contributed by atoms with Crippen LogP contribution in [0.25, 0.3) is 0 Å². The standard InChI is InChI=1S/C36H59F5N2O4S/c1-32(2)21-43(22-33(3,4)42(32)6)31(45)47-25-10-11-26-24(20-25)19-23(30-27(26)14-16-34(5)28(30)12-13-29(34)44)9-7-17-48(46)18-8-15-35(37,38)36(39,40)41/h23-30,44H,7-22H2,1-6H3/t23-,24?,25?,26?,27-,28+,29+,30-,34+,48?/m1/s1. The molecule has 6 nitrogen and oxygen atoms in total. The normalized spacial score (nSPS) is 38.9. The van der Waals surface area contributed by atoms with Gasteiger partial charge in [-0.1, -0.05) is 6.92 Å². The highest BCUT2D eigenvalue weighted by molar-refractivity contribution is 7.84. The average molecular weight is 711 g/mol. The quantitative estimate of drug-likeness (QED) is 0.246. The second-order valence-corrected chi connectivity index (χ2v) is 19.3. The SMILES string of the molecule is CN1C(C)(C)CN(C(=O)OC2CCC3C(C2)C[C@@H](CCCS(=O)CCCC(F)(F)C(F)(F)F)[C@@H]2[C@@H]3CC[C@]3(C)[C@@H](O)CC[C@@H]23)CC1(C)C. The molecule has 10 atom stereocenters. The van der Waals surface area contributed by atoms with E-state index in [1.807, 2.05) is 4.90 Å². The number of piperazine rings is 1. The van der Waals surface area contributed by atoms with Gasteiger partial charge >= 0.3 is 18.2 Å². The van der Waals surface area contributed by atoms with Crippen LogP contribution < -0.4 is 0 Å². The Morgan fingerprint density at radius 1 is 0.896 bits per heavy atom. The lowest BCUT2D eigenvalue weighted by Gasteiger charge is -2.58. The van der Waals surface area contributed by atoms with Gasteiger partial charge < -0.3 is 14.7 Å². The smallest absolute Gasteiger partial charge is 0.446 e. The first-order valence-electron chi connectivity index (χ1n) is 18.3. The van der Waals surface area contributed by atoms with E-state index in [2.05, 4.69) is 46.6 Å². The zero-order chi connectivity index (χ0) is 35.4. The van der Waals surface area contributed by atoms with E-state index in [4.69, 9.17) is 4.74 Å². The van der Waals surface area contributed by atoms with Crippen molar-refractivity contribution in [3.05, 3.63) is 0 Å². The highest BCUT2D eigenvalue weighted by Gasteiger charge is 2.59. The minimum Gasteiger partial charge on any atom is -0.446 e. The van der Waals surface area contributed by atoms with Crippen molar-refractivity contribution in [3.63, 3.8) is 0 Å². The van der Waals surface area contributed by atoms with Crippen LogP contribution >= 0.6 is 0 Å². The molecule has 1 saturated heterocycles. The van der Waals surface area contributed by atoms with Crippen molar-refractivity contribution in [2.24, 2.45) is 40.9 Å². The number of nitrogens with zero attached hydrogens (tertiary/aromatic N) is 2. The summed E-state index contributed by atoms with van der Waals surface area (Å²) in [4.78, 5) is 17.7. The molecule has 48 heavy (non-hydrogen) atoms. The lowest BCUT2D eigenvalue weighted by atomic mass is 9.47. The third kappa shape index (κ3) is 7.61. The van der Waals surface area contributed by atoms with Crippen molar-refractivity contribution in [1.82, 2.24) is 9.80 Å². The van der Waals surface area contributed by atoms with Gasteiger partial charge in [-0.15, -0.1) is 0 Å². The van der Waals surface area contributed by atoms with Crippen molar-refractivity contribution >= 4 is 16.9 Å². The predicted octanol–water partition coefficient (Wildman–Crippen LogP) is 8.04. The fourth-order valence-electron chi connectivity index (χ4n) is 11.0. The Labute approximate surface area is 286 Å². The first kappa shape index (κ1) is 38.2. The molecule has 5 fully saturated rings. The van der Waals surface area contributed by atoms with Crippen LogP contribution in [0, 0.1) is 40.9 Å². The summed E-state index contributed by atoms with van der Waals surface area (Å²) in [5.74, 6) is -1.90. The van der Waals surface area contributed by atoms with Gasteiger partial charge in [-0.3, -0.25) is 9.11 Å². The molecule has 4 unspecified atom stereocenters. The summed E-state index contributed by atoms with van der Waals surface area (Å²) in [7, 11) is 0.648. The zero-order valence-corrected chi connectivity index (χ0v) is 30.6. The van der Waals surface area contributed by atoms with Crippen molar-refractivity contribution in [3.8, 4) is 0 Å². The number of amides is 1. The van der Waals surface area contributed by atoms with Crippen LogP contribution in [-0.4, -0.2) is 92.2 Å². The van der Waals surface area contributed by atoms with Gasteiger partial charge in [0, 0.05) is 52.9 Å². The second kappa shape index (κ2) is 13.8. The minimum absolute atomic E-state index is 0.102. The van der Waals surface area contributed by atoms with Gasteiger partial charge in [0.25, 0.3) is 0 Å². The van der Waals surface area contributed by atoms with Gasteiger partial charge in [-0.2, -0.15) is 22.0 Å². The van der Waals surface area contributed by atoms with Gasteiger partial charge in [0.05, 0.1) is 6.10 Å². The molecule has 0 aromatic heterocycles. The van der Waals surface area contributed by atoms with Gasteiger partial charge in [-0.05, 0) is 146 Å². The highest BCUT2D eigenvalue weighted by Crippen LogP contribution is 2.64.